The summed E-state index contributed by atoms with van der Waals surface area (Å²) in [6.07, 6.45) is 0.889. The van der Waals surface area contributed by atoms with Gasteiger partial charge < -0.3 is 5.32 Å². The van der Waals surface area contributed by atoms with E-state index in [0.29, 0.717) is 0 Å². The number of hydrogen-bond acceptors (Lipinski definition) is 2. The van der Waals surface area contributed by atoms with Gasteiger partial charge in [-0.2, -0.15) is 0 Å². The summed E-state index contributed by atoms with van der Waals surface area (Å²) in [5, 5.41) is 4.99. The fourth-order valence-electron chi connectivity index (χ4n) is 1.86. The molecule has 1 atom stereocenters. The van der Waals surface area contributed by atoms with Gasteiger partial charge in [0.2, 0.25) is 0 Å². The Labute approximate surface area is 112 Å². The van der Waals surface area contributed by atoms with E-state index in [-0.39, 0.29) is 11.9 Å². The van der Waals surface area contributed by atoms with Crippen molar-refractivity contribution >= 4 is 17.2 Å². The highest BCUT2D eigenvalue weighted by Gasteiger charge is 2.14. The van der Waals surface area contributed by atoms with E-state index >= 15 is 0 Å². The van der Waals surface area contributed by atoms with Crippen LogP contribution >= 0.6 is 11.3 Å². The van der Waals surface area contributed by atoms with Crippen LogP contribution in [-0.2, 0) is 0 Å². The van der Waals surface area contributed by atoms with Crippen LogP contribution in [0.25, 0.3) is 0 Å². The zero-order valence-electron chi connectivity index (χ0n) is 10.6. The Kier molecular flexibility index (Phi) is 4.15. The van der Waals surface area contributed by atoms with Gasteiger partial charge in [-0.1, -0.05) is 42.8 Å². The number of rotatable bonds is 4. The maximum Gasteiger partial charge on any atom is 0.261 e. The van der Waals surface area contributed by atoms with E-state index in [1.54, 1.807) is 0 Å². The Morgan fingerprint density at radius 1 is 1.28 bits per heavy atom. The number of benzene rings is 1. The Hall–Kier alpha value is -1.61. The molecule has 3 heteroatoms. The van der Waals surface area contributed by atoms with E-state index in [0.717, 1.165) is 16.9 Å². The van der Waals surface area contributed by atoms with Gasteiger partial charge in [-0.05, 0) is 30.4 Å². The zero-order chi connectivity index (χ0) is 13.0. The largest absolute Gasteiger partial charge is 0.345 e. The highest BCUT2D eigenvalue weighted by molar-refractivity contribution is 7.12. The van der Waals surface area contributed by atoms with E-state index in [2.05, 4.69) is 43.4 Å². The number of nitrogens with one attached hydrogen (secondary N) is 1. The molecule has 1 N–H and O–H groups in total. The second kappa shape index (κ2) is 5.83. The highest BCUT2D eigenvalue weighted by Crippen LogP contribution is 2.18. The molecule has 1 aromatic carbocycles. The molecular weight excluding hydrogens is 242 g/mol. The molecule has 2 rings (SSSR count). The predicted octanol–water partition coefficient (Wildman–Crippen LogP) is 3.94. The Balaban J connectivity index is 2.10. The quantitative estimate of drug-likeness (QED) is 0.885. The van der Waals surface area contributed by atoms with Gasteiger partial charge in [-0.15, -0.1) is 11.3 Å². The highest BCUT2D eigenvalue weighted by atomic mass is 32.1. The van der Waals surface area contributed by atoms with Crippen LogP contribution in [0, 0.1) is 6.92 Å². The van der Waals surface area contributed by atoms with Crippen LogP contribution < -0.4 is 5.32 Å². The summed E-state index contributed by atoms with van der Waals surface area (Å²) < 4.78 is 0. The number of amides is 1. The summed E-state index contributed by atoms with van der Waals surface area (Å²) >= 11 is 1.47. The lowest BCUT2D eigenvalue weighted by atomic mass is 10.0. The molecule has 18 heavy (non-hydrogen) atoms. The van der Waals surface area contributed by atoms with E-state index in [1.807, 2.05) is 17.5 Å². The fraction of sp³-hybridized carbons (Fsp3) is 0.267. The molecule has 1 aromatic heterocycles. The molecule has 0 saturated carbocycles. The summed E-state index contributed by atoms with van der Waals surface area (Å²) in [5.41, 5.74) is 2.39. The minimum Gasteiger partial charge on any atom is -0.345 e. The molecule has 0 spiro atoms. The lowest BCUT2D eigenvalue weighted by Gasteiger charge is -2.17. The third kappa shape index (κ3) is 2.99. The van der Waals surface area contributed by atoms with E-state index in [4.69, 9.17) is 0 Å². The monoisotopic (exact) mass is 259 g/mol. The predicted molar refractivity (Wildman–Crippen MR) is 76.0 cm³/mol. The number of carbonyl (C=O) groups excluding carboxylic acids is 1. The van der Waals surface area contributed by atoms with Gasteiger partial charge >= 0.3 is 0 Å². The van der Waals surface area contributed by atoms with Gasteiger partial charge in [0.15, 0.2) is 0 Å². The lowest BCUT2D eigenvalue weighted by Crippen LogP contribution is -2.27. The van der Waals surface area contributed by atoms with Gasteiger partial charge in [0.25, 0.3) is 5.91 Å². The molecule has 0 saturated heterocycles. The SMILES string of the molecule is CCC(NC(=O)c1cccs1)c1ccc(C)cc1. The van der Waals surface area contributed by atoms with Crippen LogP contribution in [0.5, 0.6) is 0 Å². The molecule has 0 bridgehead atoms. The van der Waals surface area contributed by atoms with Crippen molar-refractivity contribution in [3.8, 4) is 0 Å². The average molecular weight is 259 g/mol. The van der Waals surface area contributed by atoms with Gasteiger partial charge in [0, 0.05) is 0 Å². The normalized spacial score (nSPS) is 12.1. The second-order valence-corrected chi connectivity index (χ2v) is 5.27. The van der Waals surface area contributed by atoms with Crippen LogP contribution in [0.4, 0.5) is 0 Å². The van der Waals surface area contributed by atoms with Crippen molar-refractivity contribution in [3.05, 3.63) is 57.8 Å². The van der Waals surface area contributed by atoms with Crippen molar-refractivity contribution in [2.24, 2.45) is 0 Å². The zero-order valence-corrected chi connectivity index (χ0v) is 11.5. The summed E-state index contributed by atoms with van der Waals surface area (Å²) in [6, 6.07) is 12.1. The molecule has 1 heterocycles. The topological polar surface area (TPSA) is 29.1 Å². The molecule has 0 radical (unpaired) electrons. The number of hydrogen-bond donors (Lipinski definition) is 1. The van der Waals surface area contributed by atoms with Crippen molar-refractivity contribution in [2.75, 3.05) is 0 Å². The number of thiophene rings is 1. The summed E-state index contributed by atoms with van der Waals surface area (Å²) in [6.45, 7) is 4.15. The van der Waals surface area contributed by atoms with E-state index < -0.39 is 0 Å². The lowest BCUT2D eigenvalue weighted by molar-refractivity contribution is 0.0939. The number of aryl methyl sites for hydroxylation is 1. The Morgan fingerprint density at radius 2 is 2.00 bits per heavy atom. The Morgan fingerprint density at radius 3 is 2.56 bits per heavy atom. The van der Waals surface area contributed by atoms with Crippen LogP contribution in [0.15, 0.2) is 41.8 Å². The molecule has 2 aromatic rings. The van der Waals surface area contributed by atoms with Crippen LogP contribution in [0.1, 0.15) is 40.2 Å². The van der Waals surface area contributed by atoms with Crippen molar-refractivity contribution in [1.82, 2.24) is 5.32 Å². The van der Waals surface area contributed by atoms with Crippen molar-refractivity contribution in [2.45, 2.75) is 26.3 Å². The molecule has 1 unspecified atom stereocenters. The second-order valence-electron chi connectivity index (χ2n) is 4.32. The third-order valence-corrected chi connectivity index (χ3v) is 3.81. The molecule has 94 valence electrons. The average Bonchev–Trinajstić information content (AvgIpc) is 2.91. The van der Waals surface area contributed by atoms with Gasteiger partial charge in [-0.3, -0.25) is 4.79 Å². The van der Waals surface area contributed by atoms with Gasteiger partial charge in [0.05, 0.1) is 10.9 Å². The minimum atomic E-state index is 0.0115. The Bertz CT molecular complexity index is 502. The van der Waals surface area contributed by atoms with Crippen molar-refractivity contribution in [3.63, 3.8) is 0 Å². The van der Waals surface area contributed by atoms with Crippen LogP contribution in [0.3, 0.4) is 0 Å². The first kappa shape index (κ1) is 12.8. The molecular formula is C15H17NOS. The summed E-state index contributed by atoms with van der Waals surface area (Å²) in [4.78, 5) is 12.8. The first-order valence-corrected chi connectivity index (χ1v) is 6.99. The van der Waals surface area contributed by atoms with E-state index in [1.165, 1.54) is 16.9 Å². The summed E-state index contributed by atoms with van der Waals surface area (Å²) in [5.74, 6) is 0.0115. The molecule has 0 aliphatic rings. The van der Waals surface area contributed by atoms with Crippen molar-refractivity contribution < 1.29 is 4.79 Å². The number of carbonyl (C=O) groups is 1. The van der Waals surface area contributed by atoms with Crippen LogP contribution in [0.2, 0.25) is 0 Å². The fourth-order valence-corrected chi connectivity index (χ4v) is 2.48. The first-order chi connectivity index (χ1) is 8.70. The maximum absolute atomic E-state index is 12.0. The standard InChI is InChI=1S/C15H17NOS/c1-3-13(12-8-6-11(2)7-9-12)16-15(17)14-5-4-10-18-14/h4-10,13H,3H2,1-2H3,(H,16,17). The maximum atomic E-state index is 12.0. The van der Waals surface area contributed by atoms with E-state index in [9.17, 15) is 4.79 Å². The smallest absolute Gasteiger partial charge is 0.261 e. The summed E-state index contributed by atoms with van der Waals surface area (Å²) in [7, 11) is 0. The van der Waals surface area contributed by atoms with Crippen molar-refractivity contribution in [1.29, 1.82) is 0 Å². The van der Waals surface area contributed by atoms with Gasteiger partial charge in [-0.25, -0.2) is 0 Å². The molecule has 0 aliphatic carbocycles. The molecule has 0 aliphatic heterocycles. The molecule has 2 nitrogen and oxygen atoms in total. The third-order valence-electron chi connectivity index (χ3n) is 2.94. The first-order valence-electron chi connectivity index (χ1n) is 6.11. The minimum absolute atomic E-state index is 0.0115. The molecule has 0 fully saturated rings. The van der Waals surface area contributed by atoms with Gasteiger partial charge in [0.1, 0.15) is 0 Å². The van der Waals surface area contributed by atoms with Crippen LogP contribution in [-0.4, -0.2) is 5.91 Å². The molecule has 1 amide bonds.